The van der Waals surface area contributed by atoms with Gasteiger partial charge in [0, 0.05) is 46.2 Å². The molecule has 1 unspecified atom stereocenters. The van der Waals surface area contributed by atoms with Crippen LogP contribution in [0.4, 0.5) is 0 Å². The number of likely N-dealkylation sites (tertiary alicyclic amines) is 1. The Morgan fingerprint density at radius 1 is 0.833 bits per heavy atom. The second kappa shape index (κ2) is 7.79. The van der Waals surface area contributed by atoms with E-state index in [0.717, 1.165) is 57.5 Å². The molecule has 2 heterocycles. The van der Waals surface area contributed by atoms with Crippen molar-refractivity contribution in [2.24, 2.45) is 0 Å². The fourth-order valence-corrected chi connectivity index (χ4v) is 3.77. The third kappa shape index (κ3) is 3.78. The molecule has 1 aromatic rings. The largest absolute Gasteiger partial charge is 0.342 e. The summed E-state index contributed by atoms with van der Waals surface area (Å²) in [4.78, 5) is 31.0. The second-order valence-electron chi connectivity index (χ2n) is 6.74. The van der Waals surface area contributed by atoms with Gasteiger partial charge in [0.25, 0.3) is 0 Å². The van der Waals surface area contributed by atoms with Gasteiger partial charge in [-0.05, 0) is 24.8 Å². The van der Waals surface area contributed by atoms with Crippen LogP contribution in [0.5, 0.6) is 0 Å². The third-order valence-electron chi connectivity index (χ3n) is 5.11. The molecule has 1 atom stereocenters. The highest BCUT2D eigenvalue weighted by atomic mass is 16.2. The normalized spacial score (nSPS) is 20.7. The Bertz CT molecular complexity index is 569. The number of amides is 2. The summed E-state index contributed by atoms with van der Waals surface area (Å²) in [5, 5.41) is 0. The Hall–Kier alpha value is -1.88. The van der Waals surface area contributed by atoms with Gasteiger partial charge in [-0.25, -0.2) is 0 Å². The maximum absolute atomic E-state index is 13.2. The van der Waals surface area contributed by atoms with Crippen molar-refractivity contribution < 1.29 is 9.59 Å². The van der Waals surface area contributed by atoms with Gasteiger partial charge in [-0.2, -0.15) is 0 Å². The standard InChI is InChI=1S/C19H27N3O2/c1-16(23)20-12-7-13-21(15-14-20)18(17-8-3-2-4-9-17)19(24)22-10-5-6-11-22/h2-4,8-9,18H,5-7,10-15H2,1H3. The van der Waals surface area contributed by atoms with E-state index in [9.17, 15) is 9.59 Å². The first-order chi connectivity index (χ1) is 11.7. The van der Waals surface area contributed by atoms with Crippen molar-refractivity contribution in [3.8, 4) is 0 Å². The average molecular weight is 329 g/mol. The Morgan fingerprint density at radius 2 is 1.50 bits per heavy atom. The van der Waals surface area contributed by atoms with Crippen molar-refractivity contribution in [2.45, 2.75) is 32.2 Å². The highest BCUT2D eigenvalue weighted by Crippen LogP contribution is 2.26. The summed E-state index contributed by atoms with van der Waals surface area (Å²) in [7, 11) is 0. The molecule has 24 heavy (non-hydrogen) atoms. The minimum atomic E-state index is -0.226. The number of carbonyl (C=O) groups is 2. The van der Waals surface area contributed by atoms with Gasteiger partial charge in [0.1, 0.15) is 6.04 Å². The highest BCUT2D eigenvalue weighted by Gasteiger charge is 2.33. The molecule has 5 heteroatoms. The summed E-state index contributed by atoms with van der Waals surface area (Å²) in [5.41, 5.74) is 1.06. The van der Waals surface area contributed by atoms with Crippen molar-refractivity contribution in [1.82, 2.24) is 14.7 Å². The van der Waals surface area contributed by atoms with Gasteiger partial charge in [0.2, 0.25) is 11.8 Å². The molecular formula is C19H27N3O2. The smallest absolute Gasteiger partial charge is 0.244 e. The van der Waals surface area contributed by atoms with Gasteiger partial charge in [-0.15, -0.1) is 0 Å². The van der Waals surface area contributed by atoms with E-state index < -0.39 is 0 Å². The molecule has 1 aromatic carbocycles. The van der Waals surface area contributed by atoms with Gasteiger partial charge in [-0.1, -0.05) is 30.3 Å². The van der Waals surface area contributed by atoms with Crippen LogP contribution >= 0.6 is 0 Å². The number of benzene rings is 1. The van der Waals surface area contributed by atoms with Gasteiger partial charge in [-0.3, -0.25) is 14.5 Å². The number of nitrogens with zero attached hydrogens (tertiary/aromatic N) is 3. The van der Waals surface area contributed by atoms with E-state index in [1.54, 1.807) is 6.92 Å². The zero-order valence-electron chi connectivity index (χ0n) is 14.5. The second-order valence-corrected chi connectivity index (χ2v) is 6.74. The lowest BCUT2D eigenvalue weighted by Gasteiger charge is -2.33. The van der Waals surface area contributed by atoms with Crippen molar-refractivity contribution in [2.75, 3.05) is 39.3 Å². The number of hydrogen-bond donors (Lipinski definition) is 0. The maximum Gasteiger partial charge on any atom is 0.244 e. The van der Waals surface area contributed by atoms with Crippen molar-refractivity contribution in [3.63, 3.8) is 0 Å². The molecule has 2 fully saturated rings. The first-order valence-corrected chi connectivity index (χ1v) is 9.00. The summed E-state index contributed by atoms with van der Waals surface area (Å²) < 4.78 is 0. The van der Waals surface area contributed by atoms with Gasteiger partial charge < -0.3 is 9.80 Å². The topological polar surface area (TPSA) is 43.9 Å². The molecule has 5 nitrogen and oxygen atoms in total. The van der Waals surface area contributed by atoms with Crippen LogP contribution < -0.4 is 0 Å². The lowest BCUT2D eigenvalue weighted by atomic mass is 10.0. The molecule has 0 aliphatic carbocycles. The predicted molar refractivity (Wildman–Crippen MR) is 93.4 cm³/mol. The van der Waals surface area contributed by atoms with Crippen LogP contribution in [0, 0.1) is 0 Å². The molecule has 2 amide bonds. The molecule has 0 radical (unpaired) electrons. The number of carbonyl (C=O) groups excluding carboxylic acids is 2. The SMILES string of the molecule is CC(=O)N1CCCN(C(C(=O)N2CCCC2)c2ccccc2)CC1. The van der Waals surface area contributed by atoms with E-state index in [1.165, 1.54) is 0 Å². The summed E-state index contributed by atoms with van der Waals surface area (Å²) in [6.45, 7) is 6.45. The molecule has 2 aliphatic heterocycles. The fraction of sp³-hybridized carbons (Fsp3) is 0.579. The lowest BCUT2D eigenvalue weighted by molar-refractivity contribution is -0.136. The number of hydrogen-bond acceptors (Lipinski definition) is 3. The predicted octanol–water partition coefficient (Wildman–Crippen LogP) is 1.90. The lowest BCUT2D eigenvalue weighted by Crippen LogP contribution is -2.43. The Kier molecular flexibility index (Phi) is 5.51. The van der Waals surface area contributed by atoms with Crippen LogP contribution in [-0.2, 0) is 9.59 Å². The first-order valence-electron chi connectivity index (χ1n) is 9.00. The molecule has 130 valence electrons. The monoisotopic (exact) mass is 329 g/mol. The molecule has 0 spiro atoms. The van der Waals surface area contributed by atoms with Crippen LogP contribution in [0.3, 0.4) is 0 Å². The van der Waals surface area contributed by atoms with E-state index in [0.29, 0.717) is 6.54 Å². The van der Waals surface area contributed by atoms with Crippen molar-refractivity contribution >= 4 is 11.8 Å². The Balaban J connectivity index is 1.81. The van der Waals surface area contributed by atoms with Gasteiger partial charge in [0.05, 0.1) is 0 Å². The van der Waals surface area contributed by atoms with Crippen molar-refractivity contribution in [3.05, 3.63) is 35.9 Å². The van der Waals surface area contributed by atoms with Gasteiger partial charge in [0.15, 0.2) is 0 Å². The van der Waals surface area contributed by atoms with E-state index in [2.05, 4.69) is 4.90 Å². The van der Waals surface area contributed by atoms with Crippen molar-refractivity contribution in [1.29, 1.82) is 0 Å². The van der Waals surface area contributed by atoms with E-state index in [-0.39, 0.29) is 17.9 Å². The first kappa shape index (κ1) is 17.0. The fourth-order valence-electron chi connectivity index (χ4n) is 3.77. The maximum atomic E-state index is 13.2. The minimum absolute atomic E-state index is 0.124. The van der Waals surface area contributed by atoms with Crippen LogP contribution in [0.15, 0.2) is 30.3 Å². The van der Waals surface area contributed by atoms with Crippen LogP contribution in [-0.4, -0.2) is 65.8 Å². The number of rotatable bonds is 3. The Morgan fingerprint density at radius 3 is 2.17 bits per heavy atom. The minimum Gasteiger partial charge on any atom is -0.342 e. The quantitative estimate of drug-likeness (QED) is 0.851. The van der Waals surface area contributed by atoms with Crippen LogP contribution in [0.2, 0.25) is 0 Å². The average Bonchev–Trinajstić information content (AvgIpc) is 3.02. The molecule has 0 bridgehead atoms. The Labute approximate surface area is 144 Å². The summed E-state index contributed by atoms with van der Waals surface area (Å²) in [6.07, 6.45) is 3.12. The summed E-state index contributed by atoms with van der Waals surface area (Å²) in [5.74, 6) is 0.342. The molecule has 2 aliphatic rings. The van der Waals surface area contributed by atoms with Crippen LogP contribution in [0.25, 0.3) is 0 Å². The zero-order valence-corrected chi connectivity index (χ0v) is 14.5. The van der Waals surface area contributed by atoms with Crippen LogP contribution in [0.1, 0.15) is 37.8 Å². The molecule has 0 N–H and O–H groups in total. The molecule has 0 aromatic heterocycles. The van der Waals surface area contributed by atoms with E-state index in [4.69, 9.17) is 0 Å². The zero-order chi connectivity index (χ0) is 16.9. The summed E-state index contributed by atoms with van der Waals surface area (Å²) in [6, 6.07) is 9.86. The highest BCUT2D eigenvalue weighted by molar-refractivity contribution is 5.83. The van der Waals surface area contributed by atoms with E-state index >= 15 is 0 Å². The molecule has 3 rings (SSSR count). The third-order valence-corrected chi connectivity index (χ3v) is 5.11. The molecular weight excluding hydrogens is 302 g/mol. The summed E-state index contributed by atoms with van der Waals surface area (Å²) >= 11 is 0. The van der Waals surface area contributed by atoms with E-state index in [1.807, 2.05) is 40.1 Å². The van der Waals surface area contributed by atoms with Gasteiger partial charge >= 0.3 is 0 Å². The molecule has 0 saturated carbocycles. The molecule has 2 saturated heterocycles.